The molecule has 0 atom stereocenters. The molecule has 4 aromatic rings. The molecule has 0 fully saturated rings. The van der Waals surface area contributed by atoms with Gasteiger partial charge in [-0.1, -0.05) is 53.1 Å². The number of hydrogen-bond donors (Lipinski definition) is 1. The lowest BCUT2D eigenvalue weighted by Crippen LogP contribution is -2.10. The first-order valence-electron chi connectivity index (χ1n) is 7.69. The Hall–Kier alpha value is -2.35. The highest BCUT2D eigenvalue weighted by molar-refractivity contribution is 7.98. The van der Waals surface area contributed by atoms with Crippen molar-refractivity contribution in [3.8, 4) is 0 Å². The summed E-state index contributed by atoms with van der Waals surface area (Å²) in [5, 5.41) is 11.7. The smallest absolute Gasteiger partial charge is 0.322 e. The van der Waals surface area contributed by atoms with Crippen molar-refractivity contribution in [3.63, 3.8) is 0 Å². The predicted octanol–water partition coefficient (Wildman–Crippen LogP) is 5.48. The molecule has 0 unspecified atom stereocenters. The van der Waals surface area contributed by atoms with Crippen LogP contribution in [0.4, 0.5) is 6.01 Å². The van der Waals surface area contributed by atoms with E-state index < -0.39 is 0 Å². The van der Waals surface area contributed by atoms with Crippen molar-refractivity contribution in [1.29, 1.82) is 0 Å². The molecular weight excluding hydrogens is 390 g/mol. The number of carbonyl (C=O) groups excluding carboxylic acids is 1. The summed E-state index contributed by atoms with van der Waals surface area (Å²) in [4.78, 5) is 14.0. The van der Waals surface area contributed by atoms with Crippen molar-refractivity contribution in [2.75, 3.05) is 5.32 Å². The molecule has 0 aliphatic heterocycles. The van der Waals surface area contributed by atoms with E-state index in [1.165, 1.54) is 11.3 Å². The minimum absolute atomic E-state index is 0.0622. The first-order chi connectivity index (χ1) is 12.7. The van der Waals surface area contributed by atoms with Crippen molar-refractivity contribution in [2.45, 2.75) is 10.6 Å². The Morgan fingerprint density at radius 3 is 2.69 bits per heavy atom. The molecule has 0 bridgehead atoms. The fraction of sp³-hybridized carbons (Fsp3) is 0.0556. The zero-order chi connectivity index (χ0) is 17.9. The van der Waals surface area contributed by atoms with E-state index in [-0.39, 0.29) is 11.9 Å². The summed E-state index contributed by atoms with van der Waals surface area (Å²) in [6.07, 6.45) is 0. The molecule has 0 radical (unpaired) electrons. The Kier molecular flexibility index (Phi) is 4.92. The van der Waals surface area contributed by atoms with Gasteiger partial charge in [0.25, 0.3) is 5.91 Å². The lowest BCUT2D eigenvalue weighted by molar-refractivity contribution is 0.102. The van der Waals surface area contributed by atoms with Crippen LogP contribution in [0.2, 0.25) is 5.02 Å². The Morgan fingerprint density at radius 2 is 1.88 bits per heavy atom. The van der Waals surface area contributed by atoms with Crippen LogP contribution in [0.1, 0.15) is 15.6 Å². The quantitative estimate of drug-likeness (QED) is 0.448. The summed E-state index contributed by atoms with van der Waals surface area (Å²) in [7, 11) is 0. The zero-order valence-electron chi connectivity index (χ0n) is 13.3. The van der Waals surface area contributed by atoms with Gasteiger partial charge in [0.1, 0.15) is 4.88 Å². The third-order valence-corrected chi connectivity index (χ3v) is 6.20. The second-order valence-corrected chi connectivity index (χ2v) is 7.78. The van der Waals surface area contributed by atoms with Crippen LogP contribution in [0.15, 0.2) is 63.9 Å². The maximum atomic E-state index is 12.5. The number of benzene rings is 2. The van der Waals surface area contributed by atoms with E-state index in [1.807, 2.05) is 54.6 Å². The highest BCUT2D eigenvalue weighted by Gasteiger charge is 2.19. The van der Waals surface area contributed by atoms with Crippen LogP contribution >= 0.6 is 34.7 Å². The monoisotopic (exact) mass is 401 g/mol. The predicted molar refractivity (Wildman–Crippen MR) is 105 cm³/mol. The largest absolute Gasteiger partial charge is 0.407 e. The van der Waals surface area contributed by atoms with Gasteiger partial charge in [-0.2, -0.15) is 0 Å². The zero-order valence-corrected chi connectivity index (χ0v) is 15.7. The number of amides is 1. The normalized spacial score (nSPS) is 11.0. The van der Waals surface area contributed by atoms with Crippen molar-refractivity contribution in [1.82, 2.24) is 10.2 Å². The Bertz CT molecular complexity index is 1060. The number of nitrogens with zero attached hydrogens (tertiary/aromatic N) is 2. The Morgan fingerprint density at radius 1 is 1.12 bits per heavy atom. The highest BCUT2D eigenvalue weighted by Crippen LogP contribution is 2.35. The van der Waals surface area contributed by atoms with Gasteiger partial charge in [-0.25, -0.2) is 0 Å². The van der Waals surface area contributed by atoms with Gasteiger partial charge in [0.15, 0.2) is 0 Å². The second kappa shape index (κ2) is 7.49. The molecule has 1 amide bonds. The van der Waals surface area contributed by atoms with Crippen LogP contribution in [0.25, 0.3) is 10.1 Å². The van der Waals surface area contributed by atoms with E-state index in [0.29, 0.717) is 21.5 Å². The minimum atomic E-state index is -0.359. The third kappa shape index (κ3) is 3.60. The van der Waals surface area contributed by atoms with Crippen molar-refractivity contribution >= 4 is 56.7 Å². The molecule has 0 aliphatic rings. The molecule has 2 heterocycles. The summed E-state index contributed by atoms with van der Waals surface area (Å²) >= 11 is 9.23. The van der Waals surface area contributed by atoms with Gasteiger partial charge in [0.2, 0.25) is 5.89 Å². The van der Waals surface area contributed by atoms with Gasteiger partial charge < -0.3 is 4.42 Å². The summed E-state index contributed by atoms with van der Waals surface area (Å²) < 4.78 is 6.45. The number of anilines is 1. The van der Waals surface area contributed by atoms with Crippen LogP contribution in [0.5, 0.6) is 0 Å². The first-order valence-corrected chi connectivity index (χ1v) is 9.87. The van der Waals surface area contributed by atoms with Crippen LogP contribution in [0.3, 0.4) is 0 Å². The number of rotatable bonds is 5. The van der Waals surface area contributed by atoms with E-state index in [1.54, 1.807) is 11.8 Å². The maximum absolute atomic E-state index is 12.5. The molecule has 0 spiro atoms. The number of halogens is 1. The van der Waals surface area contributed by atoms with Gasteiger partial charge in [0.05, 0.1) is 10.8 Å². The fourth-order valence-electron chi connectivity index (χ4n) is 2.34. The summed E-state index contributed by atoms with van der Waals surface area (Å²) in [6, 6.07) is 17.6. The number of carbonyl (C=O) groups is 1. The Balaban J connectivity index is 1.44. The molecule has 1 N–H and O–H groups in total. The average Bonchev–Trinajstić information content (AvgIpc) is 3.25. The number of thioether (sulfide) groups is 1. The molecule has 0 saturated heterocycles. The molecule has 5 nitrogen and oxygen atoms in total. The van der Waals surface area contributed by atoms with Crippen molar-refractivity contribution in [2.24, 2.45) is 0 Å². The van der Waals surface area contributed by atoms with Crippen molar-refractivity contribution in [3.05, 3.63) is 70.4 Å². The summed E-state index contributed by atoms with van der Waals surface area (Å²) in [5.74, 6) is 0.606. The fourth-order valence-corrected chi connectivity index (χ4v) is 4.51. The number of aromatic nitrogens is 2. The van der Waals surface area contributed by atoms with Crippen LogP contribution in [0, 0.1) is 0 Å². The van der Waals surface area contributed by atoms with E-state index in [0.717, 1.165) is 15.0 Å². The second-order valence-electron chi connectivity index (χ2n) is 5.30. The molecule has 2 aromatic carbocycles. The van der Waals surface area contributed by atoms with Gasteiger partial charge in [-0.3, -0.25) is 10.1 Å². The molecule has 130 valence electrons. The van der Waals surface area contributed by atoms with Crippen LogP contribution < -0.4 is 5.32 Å². The van der Waals surface area contributed by atoms with Crippen molar-refractivity contribution < 1.29 is 9.21 Å². The maximum Gasteiger partial charge on any atom is 0.322 e. The molecule has 26 heavy (non-hydrogen) atoms. The van der Waals surface area contributed by atoms with Crippen LogP contribution in [-0.2, 0) is 5.75 Å². The third-order valence-electron chi connectivity index (χ3n) is 3.53. The Labute approximate surface area is 162 Å². The summed E-state index contributed by atoms with van der Waals surface area (Å²) in [6.45, 7) is 0. The van der Waals surface area contributed by atoms with Gasteiger partial charge in [-0.05, 0) is 18.2 Å². The standard InChI is InChI=1S/C18H12ClN3O2S2/c19-15-12-8-4-5-9-13(12)26-16(15)17(23)20-18-22-21-14(24-18)10-25-11-6-2-1-3-7-11/h1-9H,10H2,(H,20,22,23). The molecule has 0 saturated carbocycles. The number of nitrogens with one attached hydrogen (secondary N) is 1. The SMILES string of the molecule is O=C(Nc1nnc(CSc2ccccc2)o1)c1sc2ccccc2c1Cl. The molecular formula is C18H12ClN3O2S2. The molecule has 0 aliphatic carbocycles. The van der Waals surface area contributed by atoms with Crippen LogP contribution in [-0.4, -0.2) is 16.1 Å². The molecule has 2 aromatic heterocycles. The number of hydrogen-bond acceptors (Lipinski definition) is 6. The lowest BCUT2D eigenvalue weighted by atomic mass is 10.2. The number of fused-ring (bicyclic) bond motifs is 1. The van der Waals surface area contributed by atoms with Gasteiger partial charge in [-0.15, -0.1) is 28.2 Å². The van der Waals surface area contributed by atoms with Gasteiger partial charge >= 0.3 is 6.01 Å². The van der Waals surface area contributed by atoms with E-state index in [2.05, 4.69) is 15.5 Å². The van der Waals surface area contributed by atoms with E-state index >= 15 is 0 Å². The van der Waals surface area contributed by atoms with Gasteiger partial charge in [0, 0.05) is 15.0 Å². The number of thiophene rings is 1. The average molecular weight is 402 g/mol. The molecule has 4 rings (SSSR count). The minimum Gasteiger partial charge on any atom is -0.407 e. The van der Waals surface area contributed by atoms with E-state index in [9.17, 15) is 4.79 Å². The van der Waals surface area contributed by atoms with E-state index in [4.69, 9.17) is 16.0 Å². The highest BCUT2D eigenvalue weighted by atomic mass is 35.5. The summed E-state index contributed by atoms with van der Waals surface area (Å²) in [5.41, 5.74) is 0. The topological polar surface area (TPSA) is 68.0 Å². The molecule has 8 heteroatoms. The lowest BCUT2D eigenvalue weighted by Gasteiger charge is -1.98. The first kappa shape index (κ1) is 17.1.